The van der Waals surface area contributed by atoms with Crippen LogP contribution in [0.5, 0.6) is 0 Å². The molecule has 0 bridgehead atoms. The Labute approximate surface area is 188 Å². The number of aliphatic imine (C=N–C) groups is 1. The number of carbonyl (C=O) groups is 1. The van der Waals surface area contributed by atoms with E-state index < -0.39 is 6.09 Å². The van der Waals surface area contributed by atoms with Gasteiger partial charge in [-0.15, -0.1) is 35.3 Å². The van der Waals surface area contributed by atoms with E-state index in [0.29, 0.717) is 18.2 Å². The normalized spacial score (nSPS) is 11.9. The Morgan fingerprint density at radius 2 is 1.96 bits per heavy atom. The van der Waals surface area contributed by atoms with Crippen molar-refractivity contribution in [2.45, 2.75) is 26.8 Å². The lowest BCUT2D eigenvalue weighted by molar-refractivity contribution is 0.187. The van der Waals surface area contributed by atoms with Crippen LogP contribution < -0.4 is 16.0 Å². The molecule has 2 rings (SSSR count). The van der Waals surface area contributed by atoms with Gasteiger partial charge in [0, 0.05) is 23.7 Å². The summed E-state index contributed by atoms with van der Waals surface area (Å²) < 4.78 is 4.58. The standard InChI is InChI=1S/C20H28N4O2S.HI/c1-4-21-19(22-13-15(2)12-18-6-5-11-27-18)23-14-16-7-9-17(10-8-16)24-20(25)26-3;/h5-11,15H,4,12-14H2,1-3H3,(H,24,25)(H2,21,22,23);1H. The highest BCUT2D eigenvalue weighted by Gasteiger charge is 2.06. The number of thiophene rings is 1. The van der Waals surface area contributed by atoms with Gasteiger partial charge in [0.1, 0.15) is 0 Å². The number of halogens is 1. The van der Waals surface area contributed by atoms with Crippen molar-refractivity contribution in [2.24, 2.45) is 10.9 Å². The van der Waals surface area contributed by atoms with E-state index in [1.807, 2.05) is 24.3 Å². The lowest BCUT2D eigenvalue weighted by atomic mass is 10.1. The third-order valence-electron chi connectivity index (χ3n) is 3.90. The fraction of sp³-hybridized carbons (Fsp3) is 0.400. The molecular formula is C20H29IN4O2S. The maximum absolute atomic E-state index is 11.2. The smallest absolute Gasteiger partial charge is 0.411 e. The molecule has 6 nitrogen and oxygen atoms in total. The van der Waals surface area contributed by atoms with Crippen molar-refractivity contribution in [2.75, 3.05) is 25.5 Å². The second-order valence-electron chi connectivity index (χ2n) is 6.28. The van der Waals surface area contributed by atoms with Crippen molar-refractivity contribution in [1.29, 1.82) is 0 Å². The first-order chi connectivity index (χ1) is 13.1. The molecule has 0 aliphatic rings. The van der Waals surface area contributed by atoms with Gasteiger partial charge in [-0.05, 0) is 48.4 Å². The number of nitrogens with zero attached hydrogens (tertiary/aromatic N) is 1. The molecule has 1 aromatic heterocycles. The molecule has 0 saturated heterocycles. The number of ether oxygens (including phenoxy) is 1. The molecule has 28 heavy (non-hydrogen) atoms. The number of rotatable bonds is 8. The van der Waals surface area contributed by atoms with E-state index in [2.05, 4.69) is 57.0 Å². The van der Waals surface area contributed by atoms with E-state index in [-0.39, 0.29) is 24.0 Å². The topological polar surface area (TPSA) is 74.8 Å². The van der Waals surface area contributed by atoms with Crippen LogP contribution in [0.15, 0.2) is 46.8 Å². The third-order valence-corrected chi connectivity index (χ3v) is 4.80. The van der Waals surface area contributed by atoms with E-state index in [1.54, 1.807) is 11.3 Å². The predicted molar refractivity (Wildman–Crippen MR) is 128 cm³/mol. The molecule has 1 atom stereocenters. The van der Waals surface area contributed by atoms with E-state index >= 15 is 0 Å². The highest BCUT2D eigenvalue weighted by atomic mass is 127. The van der Waals surface area contributed by atoms with Crippen molar-refractivity contribution < 1.29 is 9.53 Å². The van der Waals surface area contributed by atoms with Gasteiger partial charge < -0.3 is 15.4 Å². The molecule has 3 N–H and O–H groups in total. The average molecular weight is 516 g/mol. The molecule has 0 saturated carbocycles. The largest absolute Gasteiger partial charge is 0.453 e. The molecule has 0 aliphatic carbocycles. The van der Waals surface area contributed by atoms with Crippen LogP contribution in [0.3, 0.4) is 0 Å². The second-order valence-corrected chi connectivity index (χ2v) is 7.31. The van der Waals surface area contributed by atoms with Crippen molar-refractivity contribution >= 4 is 53.1 Å². The number of methoxy groups -OCH3 is 1. The van der Waals surface area contributed by atoms with Crippen LogP contribution in [-0.4, -0.2) is 32.3 Å². The molecule has 0 aliphatic heterocycles. The first-order valence-electron chi connectivity index (χ1n) is 9.09. The minimum atomic E-state index is -0.476. The van der Waals surface area contributed by atoms with Gasteiger partial charge in [0.05, 0.1) is 13.7 Å². The molecule has 0 fully saturated rings. The van der Waals surface area contributed by atoms with E-state index in [4.69, 9.17) is 0 Å². The average Bonchev–Trinajstić information content (AvgIpc) is 3.18. The number of anilines is 1. The molecule has 2 aromatic rings. The molecule has 1 heterocycles. The second kappa shape index (κ2) is 13.4. The monoisotopic (exact) mass is 516 g/mol. The maximum atomic E-state index is 11.2. The van der Waals surface area contributed by atoms with Gasteiger partial charge in [0.2, 0.25) is 0 Å². The number of amides is 1. The molecule has 154 valence electrons. The summed E-state index contributed by atoms with van der Waals surface area (Å²) >= 11 is 1.80. The highest BCUT2D eigenvalue weighted by Crippen LogP contribution is 2.14. The van der Waals surface area contributed by atoms with Gasteiger partial charge in [-0.3, -0.25) is 5.32 Å². The zero-order valence-corrected chi connectivity index (χ0v) is 19.7. The fourth-order valence-electron chi connectivity index (χ4n) is 2.49. The van der Waals surface area contributed by atoms with Crippen molar-refractivity contribution in [1.82, 2.24) is 10.6 Å². The third kappa shape index (κ3) is 8.92. The molecular weight excluding hydrogens is 487 g/mol. The first kappa shape index (κ1) is 24.2. The number of nitrogens with one attached hydrogen (secondary N) is 3. The Kier molecular flexibility index (Phi) is 11.6. The Morgan fingerprint density at radius 3 is 2.57 bits per heavy atom. The van der Waals surface area contributed by atoms with Gasteiger partial charge in [-0.25, -0.2) is 9.79 Å². The van der Waals surface area contributed by atoms with Crippen molar-refractivity contribution in [3.63, 3.8) is 0 Å². The van der Waals surface area contributed by atoms with E-state index in [1.165, 1.54) is 12.0 Å². The quantitative estimate of drug-likeness (QED) is 0.275. The Bertz CT molecular complexity index is 720. The summed E-state index contributed by atoms with van der Waals surface area (Å²) in [6.45, 7) is 6.54. The molecule has 1 aromatic carbocycles. The van der Waals surface area contributed by atoms with Gasteiger partial charge >= 0.3 is 6.09 Å². The molecule has 0 radical (unpaired) electrons. The SMILES string of the molecule is CCNC(=NCc1ccc(NC(=O)OC)cc1)NCC(C)Cc1cccs1.I. The summed E-state index contributed by atoms with van der Waals surface area (Å²) in [7, 11) is 1.34. The fourth-order valence-corrected chi connectivity index (χ4v) is 3.36. The number of hydrogen-bond donors (Lipinski definition) is 3. The lowest BCUT2D eigenvalue weighted by Gasteiger charge is -2.15. The van der Waals surface area contributed by atoms with E-state index in [0.717, 1.165) is 31.0 Å². The van der Waals surface area contributed by atoms with Gasteiger partial charge in [0.15, 0.2) is 5.96 Å². The summed E-state index contributed by atoms with van der Waals surface area (Å²) in [6.07, 6.45) is 0.592. The van der Waals surface area contributed by atoms with Crippen LogP contribution in [0.25, 0.3) is 0 Å². The molecule has 8 heteroatoms. The van der Waals surface area contributed by atoms with Gasteiger partial charge in [-0.2, -0.15) is 0 Å². The Morgan fingerprint density at radius 1 is 1.21 bits per heavy atom. The zero-order chi connectivity index (χ0) is 19.5. The molecule has 1 amide bonds. The first-order valence-corrected chi connectivity index (χ1v) is 9.97. The van der Waals surface area contributed by atoms with Crippen LogP contribution >= 0.6 is 35.3 Å². The van der Waals surface area contributed by atoms with Crippen molar-refractivity contribution in [3.8, 4) is 0 Å². The van der Waals surface area contributed by atoms with Crippen LogP contribution in [0, 0.1) is 5.92 Å². The van der Waals surface area contributed by atoms with Crippen LogP contribution in [0.2, 0.25) is 0 Å². The van der Waals surface area contributed by atoms with Crippen LogP contribution in [-0.2, 0) is 17.7 Å². The summed E-state index contributed by atoms with van der Waals surface area (Å²) in [6, 6.07) is 11.8. The summed E-state index contributed by atoms with van der Waals surface area (Å²) in [5.74, 6) is 1.34. The minimum Gasteiger partial charge on any atom is -0.453 e. The molecule has 1 unspecified atom stereocenters. The van der Waals surface area contributed by atoms with Crippen LogP contribution in [0.4, 0.5) is 10.5 Å². The van der Waals surface area contributed by atoms with E-state index in [9.17, 15) is 4.79 Å². The number of guanidine groups is 1. The number of carbonyl (C=O) groups excluding carboxylic acids is 1. The Balaban J connectivity index is 0.00000392. The summed E-state index contributed by atoms with van der Waals surface area (Å²) in [5, 5.41) is 11.5. The number of benzene rings is 1. The van der Waals surface area contributed by atoms with Gasteiger partial charge in [-0.1, -0.05) is 25.1 Å². The highest BCUT2D eigenvalue weighted by molar-refractivity contribution is 14.0. The summed E-state index contributed by atoms with van der Waals surface area (Å²) in [4.78, 5) is 17.3. The Hall–Kier alpha value is -1.81. The lowest BCUT2D eigenvalue weighted by Crippen LogP contribution is -2.39. The number of hydrogen-bond acceptors (Lipinski definition) is 4. The minimum absolute atomic E-state index is 0. The van der Waals surface area contributed by atoms with Crippen LogP contribution in [0.1, 0.15) is 24.3 Å². The zero-order valence-electron chi connectivity index (χ0n) is 16.5. The van der Waals surface area contributed by atoms with Crippen molar-refractivity contribution in [3.05, 3.63) is 52.2 Å². The van der Waals surface area contributed by atoms with Gasteiger partial charge in [0.25, 0.3) is 0 Å². The summed E-state index contributed by atoms with van der Waals surface area (Å²) in [5.41, 5.74) is 1.76. The predicted octanol–water partition coefficient (Wildman–Crippen LogP) is 4.48. The molecule has 0 spiro atoms. The maximum Gasteiger partial charge on any atom is 0.411 e.